The van der Waals surface area contributed by atoms with Crippen molar-refractivity contribution in [3.63, 3.8) is 0 Å². The van der Waals surface area contributed by atoms with Gasteiger partial charge in [0.15, 0.2) is 0 Å². The van der Waals surface area contributed by atoms with Gasteiger partial charge in [0.25, 0.3) is 0 Å². The Kier molecular flexibility index (Phi) is 3.88. The van der Waals surface area contributed by atoms with E-state index in [1.54, 1.807) is 4.72 Å². The highest BCUT2D eigenvalue weighted by Gasteiger charge is 2.10. The summed E-state index contributed by atoms with van der Waals surface area (Å²) in [6, 6.07) is -1.03. The van der Waals surface area contributed by atoms with E-state index in [9.17, 15) is 13.2 Å². The van der Waals surface area contributed by atoms with Crippen LogP contribution in [0, 0.1) is 0 Å². The van der Waals surface area contributed by atoms with E-state index in [-0.39, 0.29) is 5.75 Å². The van der Waals surface area contributed by atoms with Crippen molar-refractivity contribution in [3.05, 3.63) is 0 Å². The van der Waals surface area contributed by atoms with Gasteiger partial charge in [-0.15, -0.1) is 0 Å². The maximum atomic E-state index is 10.8. The summed E-state index contributed by atoms with van der Waals surface area (Å²) in [6.07, 6.45) is 1.29. The van der Waals surface area contributed by atoms with E-state index < -0.39 is 16.1 Å². The van der Waals surface area contributed by atoms with Crippen LogP contribution in [0.15, 0.2) is 0 Å². The molecule has 66 valence electrons. The summed E-state index contributed by atoms with van der Waals surface area (Å²) < 4.78 is 23.2. The van der Waals surface area contributed by atoms with Gasteiger partial charge in [0, 0.05) is 0 Å². The third kappa shape index (κ3) is 5.65. The fourth-order valence-electron chi connectivity index (χ4n) is 0.539. The summed E-state index contributed by atoms with van der Waals surface area (Å²) in [5, 5.41) is 0. The lowest BCUT2D eigenvalue weighted by atomic mass is 10.4. The van der Waals surface area contributed by atoms with E-state index >= 15 is 0 Å². The van der Waals surface area contributed by atoms with Crippen LogP contribution >= 0.6 is 0 Å². The normalized spacial score (nSPS) is 11.0. The van der Waals surface area contributed by atoms with Crippen molar-refractivity contribution in [2.45, 2.75) is 19.8 Å². The van der Waals surface area contributed by atoms with Crippen LogP contribution in [0.2, 0.25) is 0 Å². The van der Waals surface area contributed by atoms with E-state index in [1.807, 2.05) is 6.92 Å². The Bertz CT molecular complexity index is 222. The van der Waals surface area contributed by atoms with Crippen LogP contribution in [-0.4, -0.2) is 20.2 Å². The zero-order valence-electron chi connectivity index (χ0n) is 6.33. The highest BCUT2D eigenvalue weighted by atomic mass is 32.2. The van der Waals surface area contributed by atoms with Crippen molar-refractivity contribution in [1.29, 1.82) is 0 Å². The number of nitrogens with one attached hydrogen (secondary N) is 1. The molecule has 0 spiro atoms. The van der Waals surface area contributed by atoms with E-state index in [1.165, 1.54) is 0 Å². The predicted molar refractivity (Wildman–Crippen MR) is 41.4 cm³/mol. The molecule has 11 heavy (non-hydrogen) atoms. The number of sulfonamides is 1. The van der Waals surface area contributed by atoms with Gasteiger partial charge in [0.05, 0.1) is 5.75 Å². The van der Waals surface area contributed by atoms with Gasteiger partial charge in [0.1, 0.15) is 0 Å². The fourth-order valence-corrected chi connectivity index (χ4v) is 1.62. The quantitative estimate of drug-likeness (QED) is 0.627. The molecule has 0 radical (unpaired) electrons. The largest absolute Gasteiger partial charge is 0.351 e. The fraction of sp³-hybridized carbons (Fsp3) is 0.800. The van der Waals surface area contributed by atoms with Crippen molar-refractivity contribution in [1.82, 2.24) is 4.72 Å². The van der Waals surface area contributed by atoms with E-state index in [4.69, 9.17) is 0 Å². The first-order valence-electron chi connectivity index (χ1n) is 3.28. The molecule has 3 N–H and O–H groups in total. The maximum Gasteiger partial charge on any atom is 0.325 e. The molecule has 0 fully saturated rings. The van der Waals surface area contributed by atoms with Crippen molar-refractivity contribution >= 4 is 16.1 Å². The molecule has 0 aliphatic heterocycles. The lowest BCUT2D eigenvalue weighted by molar-refractivity contribution is 0.253. The van der Waals surface area contributed by atoms with Crippen LogP contribution in [0.4, 0.5) is 4.79 Å². The number of carbonyl (C=O) groups is 1. The number of primary amides is 1. The highest BCUT2D eigenvalue weighted by Crippen LogP contribution is 1.92. The molecule has 0 saturated carbocycles. The van der Waals surface area contributed by atoms with Gasteiger partial charge < -0.3 is 5.73 Å². The summed E-state index contributed by atoms with van der Waals surface area (Å²) >= 11 is 0. The second-order valence-corrected chi connectivity index (χ2v) is 3.98. The first-order valence-corrected chi connectivity index (χ1v) is 4.93. The number of unbranched alkanes of at least 4 members (excludes halogenated alkanes) is 1. The molecule has 0 aromatic carbocycles. The minimum absolute atomic E-state index is 0.0492. The SMILES string of the molecule is CCCCS(=O)(=O)NC(N)=O. The summed E-state index contributed by atoms with van der Waals surface area (Å²) in [6.45, 7) is 1.86. The van der Waals surface area contributed by atoms with Crippen LogP contribution in [0.5, 0.6) is 0 Å². The molecule has 5 nitrogen and oxygen atoms in total. The van der Waals surface area contributed by atoms with Crippen LogP contribution in [0.25, 0.3) is 0 Å². The highest BCUT2D eigenvalue weighted by molar-refractivity contribution is 7.90. The van der Waals surface area contributed by atoms with Crippen LogP contribution in [-0.2, 0) is 10.0 Å². The summed E-state index contributed by atoms with van der Waals surface area (Å²) in [5.74, 6) is -0.0492. The first kappa shape index (κ1) is 10.2. The van der Waals surface area contributed by atoms with Gasteiger partial charge in [-0.25, -0.2) is 17.9 Å². The lowest BCUT2D eigenvalue weighted by Gasteiger charge is -2.01. The standard InChI is InChI=1S/C5H12N2O3S/c1-2-3-4-11(9,10)7-5(6)8/h2-4H2,1H3,(H3,6,7,8). The molecular weight excluding hydrogens is 168 g/mol. The smallest absolute Gasteiger partial charge is 0.325 e. The third-order valence-electron chi connectivity index (χ3n) is 1.02. The van der Waals surface area contributed by atoms with Crippen molar-refractivity contribution in [3.8, 4) is 0 Å². The monoisotopic (exact) mass is 180 g/mol. The second kappa shape index (κ2) is 4.17. The van der Waals surface area contributed by atoms with E-state index in [2.05, 4.69) is 5.73 Å². The average molecular weight is 180 g/mol. The van der Waals surface area contributed by atoms with Gasteiger partial charge in [-0.2, -0.15) is 0 Å². The molecule has 2 amide bonds. The van der Waals surface area contributed by atoms with Crippen molar-refractivity contribution in [2.24, 2.45) is 5.73 Å². The number of carbonyl (C=O) groups excluding carboxylic acids is 1. The van der Waals surface area contributed by atoms with E-state index in [0.29, 0.717) is 6.42 Å². The molecule has 0 aliphatic rings. The average Bonchev–Trinajstić information content (AvgIpc) is 1.81. The number of nitrogens with two attached hydrogens (primary N) is 1. The molecule has 0 aliphatic carbocycles. The zero-order chi connectivity index (χ0) is 8.91. The Hall–Kier alpha value is -0.780. The number of hydrogen-bond donors (Lipinski definition) is 2. The van der Waals surface area contributed by atoms with Gasteiger partial charge in [-0.1, -0.05) is 13.3 Å². The minimum Gasteiger partial charge on any atom is -0.351 e. The molecule has 0 rings (SSSR count). The molecule has 6 heteroatoms. The Morgan fingerprint density at radius 1 is 1.55 bits per heavy atom. The van der Waals surface area contributed by atoms with Gasteiger partial charge in [0.2, 0.25) is 10.0 Å². The zero-order valence-corrected chi connectivity index (χ0v) is 7.15. The summed E-state index contributed by atoms with van der Waals surface area (Å²) in [5.41, 5.74) is 4.62. The third-order valence-corrected chi connectivity index (χ3v) is 2.36. The Balaban J connectivity index is 3.92. The second-order valence-electron chi connectivity index (χ2n) is 2.14. The number of urea groups is 1. The molecule has 0 aromatic rings. The van der Waals surface area contributed by atoms with Crippen LogP contribution < -0.4 is 10.5 Å². The van der Waals surface area contributed by atoms with Crippen molar-refractivity contribution < 1.29 is 13.2 Å². The topological polar surface area (TPSA) is 89.3 Å². The molecule has 0 bridgehead atoms. The number of rotatable bonds is 4. The molecule has 0 saturated heterocycles. The lowest BCUT2D eigenvalue weighted by Crippen LogP contribution is -2.36. The van der Waals surface area contributed by atoms with Crippen LogP contribution in [0.3, 0.4) is 0 Å². The van der Waals surface area contributed by atoms with Crippen LogP contribution in [0.1, 0.15) is 19.8 Å². The van der Waals surface area contributed by atoms with Gasteiger partial charge in [-0.3, -0.25) is 0 Å². The minimum atomic E-state index is -3.47. The molecule has 0 aromatic heterocycles. The summed E-state index contributed by atoms with van der Waals surface area (Å²) in [7, 11) is -3.47. The maximum absolute atomic E-state index is 10.8. The van der Waals surface area contributed by atoms with Gasteiger partial charge >= 0.3 is 6.03 Å². The molecule has 0 heterocycles. The Labute approximate surface area is 66.0 Å². The molecule has 0 atom stereocenters. The number of hydrogen-bond acceptors (Lipinski definition) is 3. The van der Waals surface area contributed by atoms with E-state index in [0.717, 1.165) is 6.42 Å². The predicted octanol–water partition coefficient (Wildman–Crippen LogP) is -0.215. The Morgan fingerprint density at radius 2 is 2.09 bits per heavy atom. The summed E-state index contributed by atoms with van der Waals surface area (Å²) in [4.78, 5) is 10.1. The number of amides is 2. The molecular formula is C5H12N2O3S. The molecule has 0 unspecified atom stereocenters. The Morgan fingerprint density at radius 3 is 2.45 bits per heavy atom. The van der Waals surface area contributed by atoms with Gasteiger partial charge in [-0.05, 0) is 6.42 Å². The van der Waals surface area contributed by atoms with Crippen molar-refractivity contribution in [2.75, 3.05) is 5.75 Å². The first-order chi connectivity index (χ1) is 4.98.